The average molecular weight is 430 g/mol. The van der Waals surface area contributed by atoms with Crippen molar-refractivity contribution in [3.05, 3.63) is 52.6 Å². The van der Waals surface area contributed by atoms with Crippen LogP contribution in [0.15, 0.2) is 24.3 Å². The molecule has 1 saturated heterocycles. The lowest BCUT2D eigenvalue weighted by molar-refractivity contribution is 0.0373. The number of aromatic nitrogens is 2. The van der Waals surface area contributed by atoms with Gasteiger partial charge in [0.25, 0.3) is 5.91 Å². The minimum absolute atomic E-state index is 0.153. The van der Waals surface area contributed by atoms with E-state index in [1.807, 2.05) is 11.7 Å². The molecular formula is C23H32FN5O2. The number of morpholine rings is 1. The van der Waals surface area contributed by atoms with Gasteiger partial charge in [0, 0.05) is 49.5 Å². The van der Waals surface area contributed by atoms with E-state index in [0.717, 1.165) is 76.3 Å². The molecule has 1 atom stereocenters. The van der Waals surface area contributed by atoms with Crippen LogP contribution in [0, 0.1) is 5.82 Å². The summed E-state index contributed by atoms with van der Waals surface area (Å²) >= 11 is 0. The Bertz CT molecular complexity index is 894. The van der Waals surface area contributed by atoms with Gasteiger partial charge in [0.05, 0.1) is 13.2 Å². The molecule has 31 heavy (non-hydrogen) atoms. The topological polar surface area (TPSA) is 71.4 Å². The molecule has 168 valence electrons. The molecule has 0 saturated carbocycles. The number of aryl methyl sites for hydroxylation is 1. The summed E-state index contributed by atoms with van der Waals surface area (Å²) in [6, 6.07) is 6.84. The second-order valence-corrected chi connectivity index (χ2v) is 8.37. The van der Waals surface area contributed by atoms with E-state index in [9.17, 15) is 9.18 Å². The first-order chi connectivity index (χ1) is 15.1. The molecule has 2 aliphatic rings. The van der Waals surface area contributed by atoms with Crippen LogP contribution in [0.4, 0.5) is 4.39 Å². The van der Waals surface area contributed by atoms with Crippen LogP contribution in [0.1, 0.15) is 40.2 Å². The van der Waals surface area contributed by atoms with Gasteiger partial charge < -0.3 is 15.4 Å². The number of carbonyl (C=O) groups excluding carboxylic acids is 1. The van der Waals surface area contributed by atoms with E-state index in [1.54, 1.807) is 18.2 Å². The molecule has 4 rings (SSSR count). The maximum Gasteiger partial charge on any atom is 0.272 e. The summed E-state index contributed by atoms with van der Waals surface area (Å²) < 4.78 is 21.1. The van der Waals surface area contributed by atoms with Crippen LogP contribution in [0.2, 0.25) is 0 Å². The molecule has 2 aromatic rings. The highest BCUT2D eigenvalue weighted by Gasteiger charge is 2.28. The number of ether oxygens (including phenoxy) is 1. The summed E-state index contributed by atoms with van der Waals surface area (Å²) in [6.07, 6.45) is 3.84. The van der Waals surface area contributed by atoms with Crippen LogP contribution in [0.5, 0.6) is 0 Å². The van der Waals surface area contributed by atoms with E-state index in [4.69, 9.17) is 4.74 Å². The van der Waals surface area contributed by atoms with Crippen LogP contribution in [0.3, 0.4) is 0 Å². The second-order valence-electron chi connectivity index (χ2n) is 8.37. The summed E-state index contributed by atoms with van der Waals surface area (Å²) in [7, 11) is 1.89. The molecule has 1 aromatic carbocycles. The van der Waals surface area contributed by atoms with Gasteiger partial charge in [0.2, 0.25) is 0 Å². The third-order valence-electron chi connectivity index (χ3n) is 6.26. The number of hydrogen-bond acceptors (Lipinski definition) is 5. The average Bonchev–Trinajstić information content (AvgIpc) is 3.13. The first-order valence-electron chi connectivity index (χ1n) is 11.2. The smallest absolute Gasteiger partial charge is 0.272 e. The third-order valence-corrected chi connectivity index (χ3v) is 6.26. The SMILES string of the molecule is Cn1nc(C(=O)NCc2ccccc2F)c2c1CC[C@H](NCCCN1CCOCC1)C2. The Morgan fingerprint density at radius 1 is 1.29 bits per heavy atom. The van der Waals surface area contributed by atoms with Gasteiger partial charge in [0.15, 0.2) is 5.69 Å². The molecule has 1 amide bonds. The summed E-state index contributed by atoms with van der Waals surface area (Å²) in [4.78, 5) is 15.3. The molecule has 1 fully saturated rings. The fourth-order valence-electron chi connectivity index (χ4n) is 4.48. The molecule has 2 N–H and O–H groups in total. The Labute approximate surface area is 182 Å². The van der Waals surface area contributed by atoms with Crippen LogP contribution in [-0.4, -0.2) is 66.0 Å². The highest BCUT2D eigenvalue weighted by Crippen LogP contribution is 2.24. The zero-order valence-corrected chi connectivity index (χ0v) is 18.2. The molecular weight excluding hydrogens is 397 g/mol. The monoisotopic (exact) mass is 429 g/mol. The largest absolute Gasteiger partial charge is 0.379 e. The molecule has 0 radical (unpaired) electrons. The maximum absolute atomic E-state index is 13.8. The van der Waals surface area contributed by atoms with Gasteiger partial charge in [0.1, 0.15) is 5.82 Å². The van der Waals surface area contributed by atoms with Gasteiger partial charge in [-0.1, -0.05) is 18.2 Å². The van der Waals surface area contributed by atoms with E-state index >= 15 is 0 Å². The number of halogens is 1. The van der Waals surface area contributed by atoms with Crippen LogP contribution in [-0.2, 0) is 31.2 Å². The molecule has 0 spiro atoms. The first-order valence-corrected chi connectivity index (χ1v) is 11.2. The molecule has 0 unspecified atom stereocenters. The van der Waals surface area contributed by atoms with Crippen molar-refractivity contribution >= 4 is 5.91 Å². The number of nitrogens with zero attached hydrogens (tertiary/aromatic N) is 3. The number of fused-ring (bicyclic) bond motifs is 1. The van der Waals surface area contributed by atoms with Crippen LogP contribution in [0.25, 0.3) is 0 Å². The molecule has 8 heteroatoms. The number of hydrogen-bond donors (Lipinski definition) is 2. The summed E-state index contributed by atoms with van der Waals surface area (Å²) in [5.74, 6) is -0.555. The van der Waals surface area contributed by atoms with Crippen molar-refractivity contribution in [1.29, 1.82) is 0 Å². The van der Waals surface area contributed by atoms with Crippen molar-refractivity contribution < 1.29 is 13.9 Å². The maximum atomic E-state index is 13.8. The van der Waals surface area contributed by atoms with E-state index in [2.05, 4.69) is 20.6 Å². The number of nitrogens with one attached hydrogen (secondary N) is 2. The fourth-order valence-corrected chi connectivity index (χ4v) is 4.48. The van der Waals surface area contributed by atoms with Crippen molar-refractivity contribution in [3.8, 4) is 0 Å². The minimum Gasteiger partial charge on any atom is -0.379 e. The number of carbonyl (C=O) groups is 1. The van der Waals surface area contributed by atoms with Crippen LogP contribution < -0.4 is 10.6 Å². The molecule has 1 aromatic heterocycles. The molecule has 1 aliphatic carbocycles. The predicted molar refractivity (Wildman–Crippen MR) is 116 cm³/mol. The second kappa shape index (κ2) is 10.3. The summed E-state index contributed by atoms with van der Waals surface area (Å²) in [6.45, 7) is 5.92. The highest BCUT2D eigenvalue weighted by molar-refractivity contribution is 5.94. The van der Waals surface area contributed by atoms with Gasteiger partial charge in [-0.3, -0.25) is 14.4 Å². The van der Waals surface area contributed by atoms with Crippen molar-refractivity contribution in [1.82, 2.24) is 25.3 Å². The van der Waals surface area contributed by atoms with Gasteiger partial charge in [-0.2, -0.15) is 5.10 Å². The van der Waals surface area contributed by atoms with E-state index < -0.39 is 0 Å². The number of rotatable bonds is 8. The molecule has 1 aliphatic heterocycles. The number of amides is 1. The quantitative estimate of drug-likeness (QED) is 0.625. The van der Waals surface area contributed by atoms with Gasteiger partial charge >= 0.3 is 0 Å². The fraction of sp³-hybridized carbons (Fsp3) is 0.565. The van der Waals surface area contributed by atoms with Gasteiger partial charge in [-0.25, -0.2) is 4.39 Å². The Hall–Kier alpha value is -2.29. The van der Waals surface area contributed by atoms with Crippen molar-refractivity contribution in [2.45, 2.75) is 38.3 Å². The predicted octanol–water partition coefficient (Wildman–Crippen LogP) is 1.66. The Morgan fingerprint density at radius 3 is 2.90 bits per heavy atom. The lowest BCUT2D eigenvalue weighted by atomic mass is 9.91. The Kier molecular flexibility index (Phi) is 7.32. The van der Waals surface area contributed by atoms with E-state index in [-0.39, 0.29) is 18.3 Å². The zero-order valence-electron chi connectivity index (χ0n) is 18.2. The first kappa shape index (κ1) is 21.9. The Balaban J connectivity index is 1.30. The summed E-state index contributed by atoms with van der Waals surface area (Å²) in [5, 5.41) is 11.0. The van der Waals surface area contributed by atoms with Crippen molar-refractivity contribution in [2.75, 3.05) is 39.4 Å². The van der Waals surface area contributed by atoms with Gasteiger partial charge in [-0.05, 0) is 44.8 Å². The van der Waals surface area contributed by atoms with Crippen LogP contribution >= 0.6 is 0 Å². The van der Waals surface area contributed by atoms with Gasteiger partial charge in [-0.15, -0.1) is 0 Å². The van der Waals surface area contributed by atoms with Crippen molar-refractivity contribution in [3.63, 3.8) is 0 Å². The molecule has 0 bridgehead atoms. The lowest BCUT2D eigenvalue weighted by Crippen LogP contribution is -2.40. The summed E-state index contributed by atoms with van der Waals surface area (Å²) in [5.41, 5.74) is 3.09. The zero-order chi connectivity index (χ0) is 21.6. The molecule has 2 heterocycles. The Morgan fingerprint density at radius 2 is 2.10 bits per heavy atom. The third kappa shape index (κ3) is 5.50. The molecule has 7 nitrogen and oxygen atoms in total. The lowest BCUT2D eigenvalue weighted by Gasteiger charge is -2.27. The standard InChI is InChI=1S/C23H32FN5O2/c1-28-21-8-7-18(25-9-4-10-29-11-13-31-14-12-29)15-19(21)22(27-28)23(30)26-16-17-5-2-3-6-20(17)24/h2-3,5-6,18,25H,4,7-16H2,1H3,(H,26,30)/t18-/m0/s1. The normalized spacial score (nSPS) is 19.2. The minimum atomic E-state index is -0.313. The highest BCUT2D eigenvalue weighted by atomic mass is 19.1. The van der Waals surface area contributed by atoms with E-state index in [0.29, 0.717) is 17.3 Å². The van der Waals surface area contributed by atoms with E-state index in [1.165, 1.54) is 6.07 Å². The van der Waals surface area contributed by atoms with Crippen molar-refractivity contribution in [2.24, 2.45) is 7.05 Å². The number of benzene rings is 1.